The lowest BCUT2D eigenvalue weighted by molar-refractivity contribution is 0.120. The van der Waals surface area contributed by atoms with Crippen molar-refractivity contribution < 1.29 is 5.11 Å². The zero-order chi connectivity index (χ0) is 11.5. The molecule has 1 atom stereocenters. The molecule has 1 saturated carbocycles. The summed E-state index contributed by atoms with van der Waals surface area (Å²) < 4.78 is 0. The Morgan fingerprint density at radius 2 is 1.80 bits per heavy atom. The van der Waals surface area contributed by atoms with Crippen molar-refractivity contribution in [1.29, 1.82) is 0 Å². The van der Waals surface area contributed by atoms with E-state index in [9.17, 15) is 5.11 Å². The van der Waals surface area contributed by atoms with E-state index in [-0.39, 0.29) is 6.10 Å². The van der Waals surface area contributed by atoms with Crippen LogP contribution in [0.3, 0.4) is 0 Å². The summed E-state index contributed by atoms with van der Waals surface area (Å²) in [6.07, 6.45) is 5.97. The molecule has 1 aliphatic carbocycles. The smallest absolute Gasteiger partial charge is 0.0857 e. The zero-order valence-electron chi connectivity index (χ0n) is 10.3. The molecule has 1 unspecified atom stereocenters. The molecular weight excluding hydrogens is 200 g/mol. The summed E-state index contributed by atoms with van der Waals surface area (Å²) in [4.78, 5) is 0. The summed E-state index contributed by atoms with van der Waals surface area (Å²) >= 11 is 0. The van der Waals surface area contributed by atoms with E-state index in [2.05, 4.69) is 32.0 Å². The lowest BCUT2D eigenvalue weighted by atomic mass is 9.85. The number of aliphatic hydroxyl groups excluding tert-OH is 1. The van der Waals surface area contributed by atoms with Crippen LogP contribution in [-0.2, 0) is 0 Å². The largest absolute Gasteiger partial charge is 0.388 e. The zero-order valence-corrected chi connectivity index (χ0v) is 11.3. The first-order valence-electron chi connectivity index (χ1n) is 6.05. The highest BCUT2D eigenvalue weighted by molar-refractivity contribution is 6.83. The normalized spacial score (nSPS) is 20.8. The first-order valence-corrected chi connectivity index (χ1v) is 9.55. The molecule has 86 valence electrons. The van der Waals surface area contributed by atoms with Crippen LogP contribution >= 0.6 is 0 Å². The predicted molar refractivity (Wildman–Crippen MR) is 68.6 cm³/mol. The Bertz CT molecular complexity index is 252. The molecule has 2 heteroatoms. The molecule has 0 radical (unpaired) electrons. The fourth-order valence-electron chi connectivity index (χ4n) is 2.50. The number of hydrogen-bond donors (Lipinski definition) is 1. The minimum atomic E-state index is -1.44. The summed E-state index contributed by atoms with van der Waals surface area (Å²) in [5.41, 5.74) is 3.02. The monoisotopic (exact) mass is 224 g/mol. The molecule has 0 spiro atoms. The fourth-order valence-corrected chi connectivity index (χ4v) is 4.15. The second kappa shape index (κ2) is 5.15. The Labute approximate surface area is 94.9 Å². The Morgan fingerprint density at radius 1 is 1.27 bits per heavy atom. The van der Waals surface area contributed by atoms with Crippen molar-refractivity contribution in [2.45, 2.75) is 57.8 Å². The molecule has 0 amide bonds. The van der Waals surface area contributed by atoms with Crippen molar-refractivity contribution in [3.8, 4) is 0 Å². The van der Waals surface area contributed by atoms with Gasteiger partial charge in [-0.2, -0.15) is 0 Å². The average molecular weight is 224 g/mol. The molecular formula is C13H24OSi. The van der Waals surface area contributed by atoms with Crippen LogP contribution in [0.1, 0.15) is 32.1 Å². The standard InChI is InChI=1S/C13H24OSi/c1-5-12(15(2,3)4)13(14)11-9-7-6-8-10-11/h11,13-14H,1,6-10H2,2-4H3. The maximum atomic E-state index is 10.4. The van der Waals surface area contributed by atoms with E-state index >= 15 is 0 Å². The van der Waals surface area contributed by atoms with Crippen molar-refractivity contribution >= 4 is 8.07 Å². The molecule has 15 heavy (non-hydrogen) atoms. The molecule has 1 rings (SSSR count). The molecule has 1 fully saturated rings. The van der Waals surface area contributed by atoms with E-state index in [4.69, 9.17) is 0 Å². The highest BCUT2D eigenvalue weighted by Gasteiger charge is 2.31. The van der Waals surface area contributed by atoms with Crippen LogP contribution in [0.15, 0.2) is 17.5 Å². The molecule has 1 aliphatic rings. The number of aliphatic hydroxyl groups is 1. The van der Waals surface area contributed by atoms with Gasteiger partial charge in [0.25, 0.3) is 0 Å². The van der Waals surface area contributed by atoms with Gasteiger partial charge >= 0.3 is 0 Å². The molecule has 0 aromatic heterocycles. The number of rotatable bonds is 3. The summed E-state index contributed by atoms with van der Waals surface area (Å²) in [5, 5.41) is 11.5. The second-order valence-electron chi connectivity index (χ2n) is 5.68. The highest BCUT2D eigenvalue weighted by atomic mass is 28.3. The van der Waals surface area contributed by atoms with Gasteiger partial charge < -0.3 is 5.11 Å². The Kier molecular flexibility index (Phi) is 4.39. The maximum absolute atomic E-state index is 10.4. The molecule has 0 aromatic rings. The van der Waals surface area contributed by atoms with Crippen LogP contribution in [0.5, 0.6) is 0 Å². The van der Waals surface area contributed by atoms with E-state index in [1.54, 1.807) is 0 Å². The second-order valence-corrected chi connectivity index (χ2v) is 10.7. The first kappa shape index (κ1) is 12.8. The number of hydrogen-bond acceptors (Lipinski definition) is 1. The van der Waals surface area contributed by atoms with Crippen molar-refractivity contribution in [1.82, 2.24) is 0 Å². The summed E-state index contributed by atoms with van der Waals surface area (Å²) in [6, 6.07) is 0. The molecule has 0 aliphatic heterocycles. The van der Waals surface area contributed by atoms with Crippen molar-refractivity contribution in [2.75, 3.05) is 0 Å². The third-order valence-electron chi connectivity index (χ3n) is 3.39. The lowest BCUT2D eigenvalue weighted by Crippen LogP contribution is -2.36. The highest BCUT2D eigenvalue weighted by Crippen LogP contribution is 2.31. The lowest BCUT2D eigenvalue weighted by Gasteiger charge is -2.32. The van der Waals surface area contributed by atoms with Crippen LogP contribution in [0.4, 0.5) is 0 Å². The van der Waals surface area contributed by atoms with Crippen LogP contribution in [0.2, 0.25) is 19.6 Å². The first-order chi connectivity index (χ1) is 6.96. The van der Waals surface area contributed by atoms with Gasteiger partial charge in [-0.3, -0.25) is 0 Å². The third-order valence-corrected chi connectivity index (χ3v) is 5.48. The van der Waals surface area contributed by atoms with Gasteiger partial charge in [0.1, 0.15) is 0 Å². The van der Waals surface area contributed by atoms with Gasteiger partial charge in [0.15, 0.2) is 0 Å². The van der Waals surface area contributed by atoms with Crippen molar-refractivity contribution in [2.24, 2.45) is 5.92 Å². The third kappa shape index (κ3) is 3.34. The van der Waals surface area contributed by atoms with Gasteiger partial charge in [-0.05, 0) is 24.0 Å². The molecule has 1 nitrogen and oxygen atoms in total. The quantitative estimate of drug-likeness (QED) is 0.574. The fraction of sp³-hybridized carbons (Fsp3) is 0.769. The van der Waals surface area contributed by atoms with Crippen LogP contribution in [0.25, 0.3) is 0 Å². The van der Waals surface area contributed by atoms with Crippen molar-refractivity contribution in [3.05, 3.63) is 17.5 Å². The summed E-state index contributed by atoms with van der Waals surface area (Å²) in [6.45, 7) is 10.5. The van der Waals surface area contributed by atoms with Gasteiger partial charge in [0.05, 0.1) is 14.2 Å². The molecule has 1 N–H and O–H groups in total. The van der Waals surface area contributed by atoms with E-state index in [1.165, 1.54) is 32.1 Å². The van der Waals surface area contributed by atoms with Gasteiger partial charge in [-0.15, -0.1) is 5.73 Å². The molecule has 0 heterocycles. The SMILES string of the molecule is C=C=C(C(O)C1CCCCC1)[Si](C)(C)C. The molecule has 0 bridgehead atoms. The van der Waals surface area contributed by atoms with Gasteiger partial charge in [-0.1, -0.05) is 45.5 Å². The van der Waals surface area contributed by atoms with E-state index < -0.39 is 8.07 Å². The maximum Gasteiger partial charge on any atom is 0.0857 e. The van der Waals surface area contributed by atoms with Crippen molar-refractivity contribution in [3.63, 3.8) is 0 Å². The summed E-state index contributed by atoms with van der Waals surface area (Å²) in [7, 11) is -1.44. The molecule has 0 saturated heterocycles. The van der Waals surface area contributed by atoms with Gasteiger partial charge in [0.2, 0.25) is 0 Å². The van der Waals surface area contributed by atoms with Crippen LogP contribution in [-0.4, -0.2) is 19.3 Å². The van der Waals surface area contributed by atoms with E-state index in [0.717, 1.165) is 5.20 Å². The Morgan fingerprint density at radius 3 is 2.20 bits per heavy atom. The van der Waals surface area contributed by atoms with Crippen LogP contribution < -0.4 is 0 Å². The average Bonchev–Trinajstić information content (AvgIpc) is 2.18. The Balaban J connectivity index is 2.73. The van der Waals surface area contributed by atoms with Crippen LogP contribution in [0, 0.1) is 5.92 Å². The predicted octanol–water partition coefficient (Wildman–Crippen LogP) is 3.52. The minimum absolute atomic E-state index is 0.269. The Hall–Kier alpha value is -0.303. The van der Waals surface area contributed by atoms with E-state index in [1.807, 2.05) is 0 Å². The summed E-state index contributed by atoms with van der Waals surface area (Å²) in [5.74, 6) is 0.467. The topological polar surface area (TPSA) is 20.2 Å². The molecule has 0 aromatic carbocycles. The van der Waals surface area contributed by atoms with E-state index in [0.29, 0.717) is 5.92 Å². The van der Waals surface area contributed by atoms with Gasteiger partial charge in [0, 0.05) is 0 Å². The minimum Gasteiger partial charge on any atom is -0.388 e. The van der Waals surface area contributed by atoms with Gasteiger partial charge in [-0.25, -0.2) is 0 Å².